The van der Waals surface area contributed by atoms with Crippen molar-refractivity contribution in [3.63, 3.8) is 0 Å². The second-order valence-electron chi connectivity index (χ2n) is 7.56. The van der Waals surface area contributed by atoms with E-state index in [9.17, 15) is 4.79 Å². The molecule has 0 saturated heterocycles. The number of nitrogens with zero attached hydrogens (tertiary/aromatic N) is 1. The molecule has 1 aromatic heterocycles. The first-order valence-corrected chi connectivity index (χ1v) is 9.73. The van der Waals surface area contributed by atoms with Crippen molar-refractivity contribution in [2.75, 3.05) is 6.61 Å². The van der Waals surface area contributed by atoms with Crippen molar-refractivity contribution in [3.8, 4) is 11.5 Å². The van der Waals surface area contributed by atoms with Crippen LogP contribution in [0.25, 0.3) is 0 Å². The van der Waals surface area contributed by atoms with Gasteiger partial charge in [0.1, 0.15) is 17.6 Å². The van der Waals surface area contributed by atoms with Crippen LogP contribution in [0.4, 0.5) is 0 Å². The predicted octanol–water partition coefficient (Wildman–Crippen LogP) is 4.34. The highest BCUT2D eigenvalue weighted by Gasteiger charge is 2.23. The third-order valence-electron chi connectivity index (χ3n) is 5.06. The fourth-order valence-electron chi connectivity index (χ4n) is 3.98. The minimum absolute atomic E-state index is 0.0627. The Labute approximate surface area is 161 Å². The van der Waals surface area contributed by atoms with Crippen LogP contribution in [0.5, 0.6) is 11.5 Å². The molecule has 0 unspecified atom stereocenters. The number of fused-ring (bicyclic) bond motifs is 1. The zero-order valence-electron chi connectivity index (χ0n) is 17.2. The second-order valence-corrected chi connectivity index (χ2v) is 7.56. The molecule has 1 amide bonds. The summed E-state index contributed by atoms with van der Waals surface area (Å²) in [6.07, 6.45) is 1.07. The van der Waals surface area contributed by atoms with Gasteiger partial charge in [-0.1, -0.05) is 0 Å². The molecular weight excluding hydrogens is 340 g/mol. The number of ether oxygens (including phenoxy) is 2. The Hall–Kier alpha value is -2.43. The highest BCUT2D eigenvalue weighted by atomic mass is 16.5. The van der Waals surface area contributed by atoms with Gasteiger partial charge in [-0.3, -0.25) is 4.79 Å². The first-order valence-electron chi connectivity index (χ1n) is 9.73. The van der Waals surface area contributed by atoms with Crippen molar-refractivity contribution in [2.24, 2.45) is 0 Å². The summed E-state index contributed by atoms with van der Waals surface area (Å²) in [7, 11) is 0. The van der Waals surface area contributed by atoms with Crippen molar-refractivity contribution in [3.05, 3.63) is 46.3 Å². The van der Waals surface area contributed by atoms with Crippen molar-refractivity contribution in [1.82, 2.24) is 9.88 Å². The summed E-state index contributed by atoms with van der Waals surface area (Å²) in [5.74, 6) is 1.65. The summed E-state index contributed by atoms with van der Waals surface area (Å²) >= 11 is 0. The number of rotatable bonds is 6. The Bertz CT molecular complexity index is 852. The molecule has 0 fully saturated rings. The van der Waals surface area contributed by atoms with E-state index in [-0.39, 0.29) is 12.0 Å². The van der Waals surface area contributed by atoms with Gasteiger partial charge in [-0.2, -0.15) is 0 Å². The zero-order chi connectivity index (χ0) is 19.7. The Morgan fingerprint density at radius 2 is 2.07 bits per heavy atom. The van der Waals surface area contributed by atoms with E-state index in [2.05, 4.69) is 36.7 Å². The number of aromatic nitrogens is 1. The van der Waals surface area contributed by atoms with Gasteiger partial charge in [0.25, 0.3) is 5.91 Å². The summed E-state index contributed by atoms with van der Waals surface area (Å²) < 4.78 is 13.9. The van der Waals surface area contributed by atoms with Crippen LogP contribution in [0.1, 0.15) is 66.6 Å². The number of hydrogen-bond acceptors (Lipinski definition) is 3. The predicted molar refractivity (Wildman–Crippen MR) is 107 cm³/mol. The highest BCUT2D eigenvalue weighted by Crippen LogP contribution is 2.35. The SMILES string of the molecule is CCOc1cc2c(cc1CNC(=O)c1cc(C)n(C(C)C)c1C)O[C@@H](C)C2. The maximum Gasteiger partial charge on any atom is 0.253 e. The van der Waals surface area contributed by atoms with Crippen molar-refractivity contribution >= 4 is 5.91 Å². The molecule has 3 rings (SSSR count). The molecule has 5 nitrogen and oxygen atoms in total. The minimum atomic E-state index is -0.0627. The van der Waals surface area contributed by atoms with Crippen LogP contribution >= 0.6 is 0 Å². The molecule has 5 heteroatoms. The fourth-order valence-corrected chi connectivity index (χ4v) is 3.98. The molecule has 1 aromatic carbocycles. The Balaban J connectivity index is 1.80. The standard InChI is InChI=1S/C22H30N2O3/c1-7-26-20-10-17-9-15(5)27-21(17)11-18(20)12-23-22(25)19-8-14(4)24(13(2)3)16(19)6/h8,10-11,13,15H,7,9,12H2,1-6H3,(H,23,25)/t15-/m0/s1. The summed E-state index contributed by atoms with van der Waals surface area (Å²) in [4.78, 5) is 12.8. The number of carbonyl (C=O) groups excluding carboxylic acids is 1. The molecule has 27 heavy (non-hydrogen) atoms. The summed E-state index contributed by atoms with van der Waals surface area (Å²) in [6.45, 7) is 13.3. The Kier molecular flexibility index (Phi) is 5.49. The van der Waals surface area contributed by atoms with Gasteiger partial charge < -0.3 is 19.4 Å². The van der Waals surface area contributed by atoms with Gasteiger partial charge in [-0.25, -0.2) is 0 Å². The van der Waals surface area contributed by atoms with E-state index < -0.39 is 0 Å². The van der Waals surface area contributed by atoms with Crippen LogP contribution in [0.15, 0.2) is 18.2 Å². The lowest BCUT2D eigenvalue weighted by Gasteiger charge is -2.15. The molecule has 0 bridgehead atoms. The first kappa shape index (κ1) is 19.3. The quantitative estimate of drug-likeness (QED) is 0.823. The minimum Gasteiger partial charge on any atom is -0.494 e. The van der Waals surface area contributed by atoms with Crippen LogP contribution < -0.4 is 14.8 Å². The normalized spacial score (nSPS) is 15.6. The maximum atomic E-state index is 12.8. The van der Waals surface area contributed by atoms with Gasteiger partial charge in [-0.05, 0) is 59.7 Å². The third-order valence-corrected chi connectivity index (χ3v) is 5.06. The van der Waals surface area contributed by atoms with E-state index in [1.54, 1.807) is 0 Å². The molecule has 1 aliphatic heterocycles. The molecule has 1 aliphatic rings. The Morgan fingerprint density at radius 3 is 2.70 bits per heavy atom. The smallest absolute Gasteiger partial charge is 0.253 e. The van der Waals surface area contributed by atoms with E-state index in [4.69, 9.17) is 9.47 Å². The van der Waals surface area contributed by atoms with Crippen LogP contribution in [0.3, 0.4) is 0 Å². The van der Waals surface area contributed by atoms with E-state index in [1.807, 2.05) is 32.9 Å². The van der Waals surface area contributed by atoms with E-state index in [1.165, 1.54) is 5.56 Å². The average molecular weight is 370 g/mol. The number of benzene rings is 1. The lowest BCUT2D eigenvalue weighted by Crippen LogP contribution is -2.24. The molecule has 146 valence electrons. The highest BCUT2D eigenvalue weighted by molar-refractivity contribution is 5.95. The van der Waals surface area contributed by atoms with Gasteiger partial charge in [-0.15, -0.1) is 0 Å². The van der Waals surface area contributed by atoms with Crippen LogP contribution in [-0.4, -0.2) is 23.2 Å². The molecule has 0 aliphatic carbocycles. The third kappa shape index (κ3) is 3.82. The molecular formula is C22H30N2O3. The van der Waals surface area contributed by atoms with Gasteiger partial charge in [0.2, 0.25) is 0 Å². The molecule has 1 N–H and O–H groups in total. The van der Waals surface area contributed by atoms with Crippen molar-refractivity contribution < 1.29 is 14.3 Å². The average Bonchev–Trinajstić information content (AvgIpc) is 3.10. The lowest BCUT2D eigenvalue weighted by molar-refractivity contribution is 0.0950. The molecule has 0 spiro atoms. The summed E-state index contributed by atoms with van der Waals surface area (Å²) in [5.41, 5.74) is 4.93. The molecule has 2 aromatic rings. The summed E-state index contributed by atoms with van der Waals surface area (Å²) in [6, 6.07) is 6.34. The van der Waals surface area contributed by atoms with E-state index in [0.717, 1.165) is 40.4 Å². The van der Waals surface area contributed by atoms with E-state index in [0.29, 0.717) is 19.2 Å². The number of nitrogens with one attached hydrogen (secondary N) is 1. The maximum absolute atomic E-state index is 12.8. The molecule has 0 radical (unpaired) electrons. The van der Waals surface area contributed by atoms with E-state index >= 15 is 0 Å². The fraction of sp³-hybridized carbons (Fsp3) is 0.500. The van der Waals surface area contributed by atoms with Gasteiger partial charge in [0.05, 0.1) is 12.2 Å². The van der Waals surface area contributed by atoms with Crippen LogP contribution in [0.2, 0.25) is 0 Å². The second kappa shape index (κ2) is 7.67. The molecule has 2 heterocycles. The van der Waals surface area contributed by atoms with Gasteiger partial charge in [0, 0.05) is 41.5 Å². The monoisotopic (exact) mass is 370 g/mol. The largest absolute Gasteiger partial charge is 0.494 e. The number of amides is 1. The molecule has 0 saturated carbocycles. The van der Waals surface area contributed by atoms with Crippen molar-refractivity contribution in [2.45, 2.75) is 66.7 Å². The number of carbonyl (C=O) groups is 1. The van der Waals surface area contributed by atoms with Crippen molar-refractivity contribution in [1.29, 1.82) is 0 Å². The van der Waals surface area contributed by atoms with Gasteiger partial charge in [0.15, 0.2) is 0 Å². The van der Waals surface area contributed by atoms with Crippen LogP contribution in [0, 0.1) is 13.8 Å². The van der Waals surface area contributed by atoms with Gasteiger partial charge >= 0.3 is 0 Å². The first-order chi connectivity index (χ1) is 12.8. The molecule has 1 atom stereocenters. The number of hydrogen-bond donors (Lipinski definition) is 1. The lowest BCUT2D eigenvalue weighted by atomic mass is 10.1. The van der Waals surface area contributed by atoms with Crippen LogP contribution in [-0.2, 0) is 13.0 Å². The zero-order valence-corrected chi connectivity index (χ0v) is 17.2. The topological polar surface area (TPSA) is 52.5 Å². The Morgan fingerprint density at radius 1 is 1.33 bits per heavy atom. The number of aryl methyl sites for hydroxylation is 1. The summed E-state index contributed by atoms with van der Waals surface area (Å²) in [5, 5.41) is 3.05.